The van der Waals surface area contributed by atoms with Crippen molar-refractivity contribution in [3.8, 4) is 0 Å². The number of halogens is 1. The van der Waals surface area contributed by atoms with Gasteiger partial charge in [0.2, 0.25) is 0 Å². The van der Waals surface area contributed by atoms with E-state index in [0.717, 1.165) is 10.5 Å². The summed E-state index contributed by atoms with van der Waals surface area (Å²) in [6.07, 6.45) is 0.582. The summed E-state index contributed by atoms with van der Waals surface area (Å²) < 4.78 is 14.6. The topological polar surface area (TPSA) is 76.7 Å². The highest BCUT2D eigenvalue weighted by molar-refractivity contribution is 7.99. The lowest BCUT2D eigenvalue weighted by Crippen LogP contribution is -2.12. The van der Waals surface area contributed by atoms with Crippen LogP contribution in [-0.2, 0) is 13.5 Å². The number of hydrogen-bond donors (Lipinski definition) is 2. The van der Waals surface area contributed by atoms with Crippen LogP contribution in [0.25, 0.3) is 0 Å². The second-order valence-corrected chi connectivity index (χ2v) is 4.77. The molecule has 2 aromatic rings. The van der Waals surface area contributed by atoms with Gasteiger partial charge in [-0.2, -0.15) is 0 Å². The molecule has 18 heavy (non-hydrogen) atoms. The smallest absolute Gasteiger partial charge is 0.330 e. The number of aromatic amines is 1. The molecule has 0 bridgehead atoms. The lowest BCUT2D eigenvalue weighted by atomic mass is 10.1. The van der Waals surface area contributed by atoms with Crippen LogP contribution in [0.5, 0.6) is 0 Å². The van der Waals surface area contributed by atoms with Crippen molar-refractivity contribution < 1.29 is 4.39 Å². The van der Waals surface area contributed by atoms with Gasteiger partial charge in [0.05, 0.1) is 0 Å². The van der Waals surface area contributed by atoms with Gasteiger partial charge in [-0.05, 0) is 48.5 Å². The minimum Gasteiger partial charge on any atom is -0.330 e. The van der Waals surface area contributed by atoms with E-state index in [2.05, 4.69) is 10.2 Å². The fraction of sp³-hybridized carbons (Fsp3) is 0.273. The Hall–Kier alpha value is -1.60. The first-order valence-corrected chi connectivity index (χ1v) is 6.21. The van der Waals surface area contributed by atoms with Crippen molar-refractivity contribution in [2.45, 2.75) is 16.5 Å². The van der Waals surface area contributed by atoms with Gasteiger partial charge in [-0.25, -0.2) is 14.3 Å². The van der Waals surface area contributed by atoms with Gasteiger partial charge in [0.15, 0.2) is 5.16 Å². The molecule has 1 aromatic heterocycles. The highest BCUT2D eigenvalue weighted by Crippen LogP contribution is 2.28. The Balaban J connectivity index is 2.33. The third-order valence-electron chi connectivity index (χ3n) is 2.48. The van der Waals surface area contributed by atoms with Gasteiger partial charge in [0, 0.05) is 11.9 Å². The van der Waals surface area contributed by atoms with E-state index >= 15 is 0 Å². The van der Waals surface area contributed by atoms with Crippen LogP contribution in [0.2, 0.25) is 0 Å². The molecule has 5 nitrogen and oxygen atoms in total. The van der Waals surface area contributed by atoms with Crippen LogP contribution >= 0.6 is 11.8 Å². The van der Waals surface area contributed by atoms with Crippen LogP contribution in [0.4, 0.5) is 4.39 Å². The molecular formula is C11H13FN4OS. The molecule has 96 valence electrons. The minimum absolute atomic E-state index is 0.278. The second kappa shape index (κ2) is 5.36. The van der Waals surface area contributed by atoms with Gasteiger partial charge in [0.1, 0.15) is 5.82 Å². The van der Waals surface area contributed by atoms with Crippen LogP contribution < -0.4 is 11.4 Å². The highest BCUT2D eigenvalue weighted by Gasteiger charge is 2.10. The molecule has 0 aliphatic rings. The zero-order chi connectivity index (χ0) is 13.1. The molecule has 0 radical (unpaired) electrons. The first-order chi connectivity index (χ1) is 8.61. The summed E-state index contributed by atoms with van der Waals surface area (Å²) in [5.41, 5.74) is 6.04. The van der Waals surface area contributed by atoms with E-state index in [4.69, 9.17) is 5.73 Å². The van der Waals surface area contributed by atoms with E-state index in [9.17, 15) is 9.18 Å². The van der Waals surface area contributed by atoms with Crippen LogP contribution in [0.15, 0.2) is 33.0 Å². The summed E-state index contributed by atoms with van der Waals surface area (Å²) in [4.78, 5) is 12.1. The van der Waals surface area contributed by atoms with E-state index in [-0.39, 0.29) is 11.5 Å². The Labute approximate surface area is 107 Å². The number of rotatable bonds is 4. The Kier molecular flexibility index (Phi) is 3.83. The molecule has 1 aromatic carbocycles. The van der Waals surface area contributed by atoms with Gasteiger partial charge in [0.25, 0.3) is 0 Å². The van der Waals surface area contributed by atoms with Crippen LogP contribution in [0, 0.1) is 5.82 Å². The molecule has 2 rings (SSSR count). The zero-order valence-corrected chi connectivity index (χ0v) is 10.6. The SMILES string of the molecule is Cn1c(Sc2ccc(F)cc2CCN)n[nH]c1=O. The molecule has 1 heterocycles. The molecule has 3 N–H and O–H groups in total. The molecule has 7 heteroatoms. The van der Waals surface area contributed by atoms with E-state index in [1.807, 2.05) is 0 Å². The number of hydrogen-bond acceptors (Lipinski definition) is 4. The normalized spacial score (nSPS) is 10.8. The Morgan fingerprint density at radius 2 is 2.33 bits per heavy atom. The van der Waals surface area contributed by atoms with Crippen LogP contribution in [0.3, 0.4) is 0 Å². The standard InChI is InChI=1S/C11H13FN4OS/c1-16-10(17)14-15-11(16)18-9-3-2-8(12)6-7(9)4-5-13/h2-3,6H,4-5,13H2,1H3,(H,14,17). The molecule has 0 aliphatic carbocycles. The molecule has 0 saturated heterocycles. The molecule has 0 fully saturated rings. The second-order valence-electron chi connectivity index (χ2n) is 3.76. The van der Waals surface area contributed by atoms with Crippen molar-refractivity contribution in [3.63, 3.8) is 0 Å². The number of nitrogens with two attached hydrogens (primary N) is 1. The molecule has 0 amide bonds. The van der Waals surface area contributed by atoms with Crippen molar-refractivity contribution in [1.29, 1.82) is 0 Å². The maximum absolute atomic E-state index is 13.2. The number of nitrogens with one attached hydrogen (secondary N) is 1. The molecular weight excluding hydrogens is 255 g/mol. The van der Waals surface area contributed by atoms with Gasteiger partial charge < -0.3 is 5.73 Å². The monoisotopic (exact) mass is 268 g/mol. The zero-order valence-electron chi connectivity index (χ0n) is 9.81. The van der Waals surface area contributed by atoms with Crippen molar-refractivity contribution in [2.24, 2.45) is 12.8 Å². The lowest BCUT2D eigenvalue weighted by Gasteiger charge is -2.07. The Bertz CT molecular complexity index is 607. The third-order valence-corrected chi connectivity index (χ3v) is 3.64. The maximum atomic E-state index is 13.2. The van der Waals surface area contributed by atoms with Crippen LogP contribution in [-0.4, -0.2) is 21.3 Å². The van der Waals surface area contributed by atoms with E-state index < -0.39 is 0 Å². The summed E-state index contributed by atoms with van der Waals surface area (Å²) >= 11 is 1.31. The van der Waals surface area contributed by atoms with Crippen molar-refractivity contribution in [3.05, 3.63) is 40.1 Å². The van der Waals surface area contributed by atoms with Gasteiger partial charge in [-0.3, -0.25) is 4.57 Å². The van der Waals surface area contributed by atoms with Gasteiger partial charge >= 0.3 is 5.69 Å². The number of benzene rings is 1. The summed E-state index contributed by atoms with van der Waals surface area (Å²) in [5.74, 6) is -0.293. The Morgan fingerprint density at radius 1 is 1.56 bits per heavy atom. The summed E-state index contributed by atoms with van der Waals surface area (Å²) in [5, 5.41) is 6.79. The number of nitrogens with zero attached hydrogens (tertiary/aromatic N) is 2. The third kappa shape index (κ3) is 2.62. The fourth-order valence-electron chi connectivity index (χ4n) is 1.52. The summed E-state index contributed by atoms with van der Waals surface area (Å²) in [6, 6.07) is 4.51. The lowest BCUT2D eigenvalue weighted by molar-refractivity contribution is 0.623. The predicted molar refractivity (Wildman–Crippen MR) is 67.1 cm³/mol. The largest absolute Gasteiger partial charge is 0.343 e. The number of H-pyrrole nitrogens is 1. The molecule has 0 aliphatic heterocycles. The average Bonchev–Trinajstić information content (AvgIpc) is 2.65. The van der Waals surface area contributed by atoms with Crippen LogP contribution in [0.1, 0.15) is 5.56 Å². The van der Waals surface area contributed by atoms with Gasteiger partial charge in [-0.15, -0.1) is 5.10 Å². The minimum atomic E-state index is -0.293. The molecule has 0 atom stereocenters. The average molecular weight is 268 g/mol. The molecule has 0 unspecified atom stereocenters. The van der Waals surface area contributed by atoms with Gasteiger partial charge in [-0.1, -0.05) is 0 Å². The Morgan fingerprint density at radius 3 is 2.94 bits per heavy atom. The fourth-order valence-corrected chi connectivity index (χ4v) is 2.46. The quantitative estimate of drug-likeness (QED) is 0.863. The first kappa shape index (κ1) is 12.8. The maximum Gasteiger partial charge on any atom is 0.343 e. The predicted octanol–water partition coefficient (Wildman–Crippen LogP) is 0.900. The highest BCUT2D eigenvalue weighted by atomic mass is 32.2. The molecule has 0 saturated carbocycles. The number of aromatic nitrogens is 3. The van der Waals surface area contributed by atoms with Crippen molar-refractivity contribution >= 4 is 11.8 Å². The van der Waals surface area contributed by atoms with Crippen molar-refractivity contribution in [1.82, 2.24) is 14.8 Å². The summed E-state index contributed by atoms with van der Waals surface area (Å²) in [7, 11) is 1.63. The van der Waals surface area contributed by atoms with E-state index in [1.165, 1.54) is 28.5 Å². The summed E-state index contributed by atoms with van der Waals surface area (Å²) in [6.45, 7) is 0.441. The molecule has 0 spiro atoms. The van der Waals surface area contributed by atoms with E-state index in [0.29, 0.717) is 18.1 Å². The first-order valence-electron chi connectivity index (χ1n) is 5.39. The van der Waals surface area contributed by atoms with E-state index in [1.54, 1.807) is 13.1 Å². The van der Waals surface area contributed by atoms with Crippen molar-refractivity contribution in [2.75, 3.05) is 6.54 Å².